The first-order valence-corrected chi connectivity index (χ1v) is 10.4. The van der Waals surface area contributed by atoms with Gasteiger partial charge in [0.05, 0.1) is 12.7 Å². The molecule has 2 aromatic rings. The van der Waals surface area contributed by atoms with Gasteiger partial charge >= 0.3 is 0 Å². The number of thioether (sulfide) groups is 1. The molecular formula is C16H25N5O3S2. The smallest absolute Gasteiger partial charge is 0.172 e. The van der Waals surface area contributed by atoms with Gasteiger partial charge in [-0.25, -0.2) is 15.0 Å². The highest BCUT2D eigenvalue weighted by atomic mass is 32.2. The monoisotopic (exact) mass is 399 g/mol. The Balaban J connectivity index is 1.79. The highest BCUT2D eigenvalue weighted by Crippen LogP contribution is 2.36. The zero-order chi connectivity index (χ0) is 18.5. The zero-order valence-electron chi connectivity index (χ0n) is 14.5. The molecule has 1 aliphatic heterocycles. The number of ether oxygens (including phenoxy) is 1. The lowest BCUT2D eigenvalue weighted by Gasteiger charge is -2.16. The topological polar surface area (TPSA) is 119 Å². The molecule has 10 heteroatoms. The van der Waals surface area contributed by atoms with Gasteiger partial charge < -0.3 is 20.7 Å². The quantitative estimate of drug-likeness (QED) is 0.285. The van der Waals surface area contributed by atoms with Crippen LogP contribution < -0.4 is 5.73 Å². The number of aromatic nitrogens is 4. The third-order valence-electron chi connectivity index (χ3n) is 4.43. The summed E-state index contributed by atoms with van der Waals surface area (Å²) in [6, 6.07) is 0. The van der Waals surface area contributed by atoms with Crippen LogP contribution in [0.25, 0.3) is 11.2 Å². The van der Waals surface area contributed by atoms with Gasteiger partial charge in [-0.3, -0.25) is 4.57 Å². The molecular weight excluding hydrogens is 374 g/mol. The molecule has 4 N–H and O–H groups in total. The van der Waals surface area contributed by atoms with Crippen molar-refractivity contribution in [1.29, 1.82) is 0 Å². The van der Waals surface area contributed by atoms with Crippen LogP contribution in [0.1, 0.15) is 38.3 Å². The minimum atomic E-state index is -0.722. The van der Waals surface area contributed by atoms with E-state index in [0.29, 0.717) is 23.4 Å². The van der Waals surface area contributed by atoms with Crippen LogP contribution in [0.4, 0.5) is 5.82 Å². The molecule has 0 aliphatic carbocycles. The number of rotatable bonds is 9. The number of anilines is 1. The molecule has 0 aromatic carbocycles. The Bertz CT molecular complexity index is 729. The summed E-state index contributed by atoms with van der Waals surface area (Å²) in [4.78, 5) is 12.9. The van der Waals surface area contributed by atoms with E-state index in [1.165, 1.54) is 12.7 Å². The van der Waals surface area contributed by atoms with Crippen LogP contribution >= 0.6 is 24.4 Å². The second-order valence-corrected chi connectivity index (χ2v) is 7.81. The van der Waals surface area contributed by atoms with Crippen molar-refractivity contribution >= 4 is 41.4 Å². The zero-order valence-corrected chi connectivity index (χ0v) is 16.2. The number of aliphatic hydroxyl groups is 2. The summed E-state index contributed by atoms with van der Waals surface area (Å²) >= 11 is 5.85. The van der Waals surface area contributed by atoms with Crippen molar-refractivity contribution in [2.75, 3.05) is 23.8 Å². The molecule has 3 heterocycles. The molecule has 3 rings (SSSR count). The summed E-state index contributed by atoms with van der Waals surface area (Å²) in [5.41, 5.74) is 7.08. The van der Waals surface area contributed by atoms with Crippen molar-refractivity contribution in [3.63, 3.8) is 0 Å². The largest absolute Gasteiger partial charge is 0.394 e. The average Bonchev–Trinajstić information content (AvgIpc) is 3.18. The molecule has 2 aromatic heterocycles. The van der Waals surface area contributed by atoms with E-state index in [1.54, 1.807) is 11.8 Å². The minimum absolute atomic E-state index is 0.227. The first-order chi connectivity index (χ1) is 12.7. The van der Waals surface area contributed by atoms with Crippen LogP contribution in [0.3, 0.4) is 0 Å². The number of fused-ring (bicyclic) bond motifs is 1. The highest BCUT2D eigenvalue weighted by Gasteiger charge is 2.36. The maximum Gasteiger partial charge on any atom is 0.172 e. The molecule has 0 saturated carbocycles. The Kier molecular flexibility index (Phi) is 6.98. The van der Waals surface area contributed by atoms with Crippen LogP contribution in [0, 0.1) is 0 Å². The van der Waals surface area contributed by atoms with Crippen molar-refractivity contribution in [1.82, 2.24) is 19.5 Å². The van der Waals surface area contributed by atoms with E-state index in [1.807, 2.05) is 4.57 Å². The lowest BCUT2D eigenvalue weighted by atomic mass is 10.2. The SMILES string of the molecule is Nc1ncnc2c1nc(SCCCCCCS)n2[C@H]1CC(O)[C@@H](CO)O1. The molecule has 8 nitrogen and oxygen atoms in total. The van der Waals surface area contributed by atoms with E-state index < -0.39 is 18.4 Å². The van der Waals surface area contributed by atoms with E-state index >= 15 is 0 Å². The number of aliphatic hydroxyl groups excluding tert-OH is 2. The lowest BCUT2D eigenvalue weighted by molar-refractivity contribution is -0.0457. The average molecular weight is 400 g/mol. The van der Waals surface area contributed by atoms with Gasteiger partial charge in [0, 0.05) is 12.2 Å². The Hall–Kier alpha value is -1.07. The van der Waals surface area contributed by atoms with Crippen LogP contribution in [-0.4, -0.2) is 60.1 Å². The first kappa shape index (κ1) is 19.7. The van der Waals surface area contributed by atoms with Gasteiger partial charge in [0.2, 0.25) is 0 Å². The number of nitrogen functional groups attached to an aromatic ring is 1. The molecule has 0 amide bonds. The van der Waals surface area contributed by atoms with E-state index in [-0.39, 0.29) is 6.61 Å². The normalized spacial score (nSPS) is 23.1. The van der Waals surface area contributed by atoms with Crippen molar-refractivity contribution < 1.29 is 14.9 Å². The summed E-state index contributed by atoms with van der Waals surface area (Å²) in [5.74, 6) is 2.16. The van der Waals surface area contributed by atoms with Gasteiger partial charge in [-0.2, -0.15) is 12.6 Å². The molecule has 1 saturated heterocycles. The fourth-order valence-electron chi connectivity index (χ4n) is 3.04. The van der Waals surface area contributed by atoms with Crippen LogP contribution in [-0.2, 0) is 4.74 Å². The van der Waals surface area contributed by atoms with Gasteiger partial charge in [-0.05, 0) is 18.6 Å². The maximum absolute atomic E-state index is 10.1. The van der Waals surface area contributed by atoms with E-state index in [0.717, 1.165) is 35.9 Å². The van der Waals surface area contributed by atoms with Crippen LogP contribution in [0.2, 0.25) is 0 Å². The first-order valence-electron chi connectivity index (χ1n) is 8.82. The number of hydrogen-bond acceptors (Lipinski definition) is 9. The molecule has 144 valence electrons. The van der Waals surface area contributed by atoms with E-state index in [2.05, 4.69) is 27.6 Å². The second kappa shape index (κ2) is 9.23. The van der Waals surface area contributed by atoms with Gasteiger partial charge in [0.15, 0.2) is 22.1 Å². The van der Waals surface area contributed by atoms with Gasteiger partial charge in [0.1, 0.15) is 18.7 Å². The Morgan fingerprint density at radius 2 is 2.12 bits per heavy atom. The van der Waals surface area contributed by atoms with Crippen molar-refractivity contribution in [2.45, 2.75) is 55.7 Å². The maximum atomic E-state index is 10.1. The number of thiol groups is 1. The van der Waals surface area contributed by atoms with Gasteiger partial charge in [-0.15, -0.1) is 0 Å². The lowest BCUT2D eigenvalue weighted by Crippen LogP contribution is -2.24. The van der Waals surface area contributed by atoms with Crippen molar-refractivity contribution in [2.24, 2.45) is 0 Å². The van der Waals surface area contributed by atoms with Crippen molar-refractivity contribution in [3.05, 3.63) is 6.33 Å². The predicted octanol–water partition coefficient (Wildman–Crippen LogP) is 1.63. The Morgan fingerprint density at radius 3 is 2.85 bits per heavy atom. The molecule has 1 unspecified atom stereocenters. The Labute approximate surface area is 162 Å². The van der Waals surface area contributed by atoms with Gasteiger partial charge in [0.25, 0.3) is 0 Å². The number of nitrogens with two attached hydrogens (primary N) is 1. The highest BCUT2D eigenvalue weighted by molar-refractivity contribution is 7.99. The summed E-state index contributed by atoms with van der Waals surface area (Å²) in [6.07, 6.45) is 4.55. The van der Waals surface area contributed by atoms with Crippen LogP contribution in [0.5, 0.6) is 0 Å². The fourth-order valence-corrected chi connectivity index (χ4v) is 4.29. The number of imidazole rings is 1. The van der Waals surface area contributed by atoms with Crippen molar-refractivity contribution in [3.8, 4) is 0 Å². The standard InChI is InChI=1S/C16H25N5O3S2/c17-14-13-15(19-9-18-14)21(12-7-10(23)11(8-22)24-12)16(20-13)26-6-4-2-1-3-5-25/h9-12,22-23,25H,1-8H2,(H2,17,18,19)/t10?,11-,12-/m1/s1. The third kappa shape index (κ3) is 4.25. The molecule has 1 aliphatic rings. The predicted molar refractivity (Wildman–Crippen MR) is 104 cm³/mol. The molecule has 0 bridgehead atoms. The molecule has 3 atom stereocenters. The summed E-state index contributed by atoms with van der Waals surface area (Å²) in [7, 11) is 0. The number of hydrogen-bond donors (Lipinski definition) is 4. The Morgan fingerprint density at radius 1 is 1.31 bits per heavy atom. The minimum Gasteiger partial charge on any atom is -0.394 e. The summed E-state index contributed by atoms with van der Waals surface area (Å²) in [6.45, 7) is -0.227. The molecule has 26 heavy (non-hydrogen) atoms. The number of unbranched alkanes of at least 4 members (excludes halogenated alkanes) is 3. The number of nitrogens with zero attached hydrogens (tertiary/aromatic N) is 4. The van der Waals surface area contributed by atoms with Crippen LogP contribution in [0.15, 0.2) is 11.5 Å². The molecule has 0 radical (unpaired) electrons. The molecule has 1 fully saturated rings. The van der Waals surface area contributed by atoms with E-state index in [9.17, 15) is 10.2 Å². The molecule has 0 spiro atoms. The summed E-state index contributed by atoms with van der Waals surface area (Å²) < 4.78 is 7.68. The fraction of sp³-hybridized carbons (Fsp3) is 0.688. The second-order valence-electron chi connectivity index (χ2n) is 6.30. The van der Waals surface area contributed by atoms with Gasteiger partial charge in [-0.1, -0.05) is 24.6 Å². The summed E-state index contributed by atoms with van der Waals surface area (Å²) in [5, 5.41) is 20.2. The van der Waals surface area contributed by atoms with E-state index in [4.69, 9.17) is 10.5 Å². The third-order valence-corrected chi connectivity index (χ3v) is 5.78.